The summed E-state index contributed by atoms with van der Waals surface area (Å²) in [6.07, 6.45) is 0.264. The Morgan fingerprint density at radius 1 is 1.33 bits per heavy atom. The zero-order valence-electron chi connectivity index (χ0n) is 12.0. The maximum atomic E-state index is 13.5. The van der Waals surface area contributed by atoms with E-state index in [4.69, 9.17) is 11.6 Å². The second-order valence-electron chi connectivity index (χ2n) is 5.25. The van der Waals surface area contributed by atoms with Gasteiger partial charge in [0, 0.05) is 18.9 Å². The van der Waals surface area contributed by atoms with Gasteiger partial charge < -0.3 is 10.2 Å². The number of nitrogens with zero attached hydrogens (tertiary/aromatic N) is 2. The number of benzene rings is 1. The molecule has 4 nitrogen and oxygen atoms in total. The van der Waals surface area contributed by atoms with Gasteiger partial charge in [0.25, 0.3) is 0 Å². The van der Waals surface area contributed by atoms with Crippen LogP contribution in [0.25, 0.3) is 0 Å². The molecule has 1 aromatic heterocycles. The van der Waals surface area contributed by atoms with E-state index in [0.29, 0.717) is 22.0 Å². The van der Waals surface area contributed by atoms with Crippen LogP contribution in [-0.4, -0.2) is 33.2 Å². The van der Waals surface area contributed by atoms with E-state index < -0.39 is 11.2 Å². The molecule has 114 valence electrons. The fourth-order valence-corrected chi connectivity index (χ4v) is 2.68. The van der Waals surface area contributed by atoms with E-state index in [9.17, 15) is 14.6 Å². The van der Waals surface area contributed by atoms with E-state index in [1.165, 1.54) is 12.1 Å². The first-order chi connectivity index (χ1) is 9.93. The van der Waals surface area contributed by atoms with Crippen LogP contribution in [0.4, 0.5) is 4.39 Å². The Bertz CT molecular complexity index is 639. The monoisotopic (exact) mass is 312 g/mol. The molecule has 0 aliphatic carbocycles. The normalized spacial score (nSPS) is 11.9. The Morgan fingerprint density at radius 3 is 2.48 bits per heavy atom. The number of aryl methyl sites for hydroxylation is 2. The molecule has 0 fully saturated rings. The number of rotatable bonds is 5. The zero-order chi connectivity index (χ0) is 15.6. The zero-order valence-corrected chi connectivity index (χ0v) is 12.7. The predicted octanol–water partition coefficient (Wildman–Crippen LogP) is 1.99. The molecule has 0 radical (unpaired) electrons. The van der Waals surface area contributed by atoms with Gasteiger partial charge in [-0.1, -0.05) is 23.7 Å². The third-order valence-electron chi connectivity index (χ3n) is 3.81. The molecule has 1 aromatic carbocycles. The minimum absolute atomic E-state index is 0.264. The van der Waals surface area contributed by atoms with Crippen LogP contribution in [0.3, 0.4) is 0 Å². The lowest BCUT2D eigenvalue weighted by molar-refractivity contribution is 0.114. The van der Waals surface area contributed by atoms with Gasteiger partial charge in [-0.15, -0.1) is 0 Å². The molecule has 0 spiro atoms. The minimum atomic E-state index is -1.01. The summed E-state index contributed by atoms with van der Waals surface area (Å²) in [4.78, 5) is 0. The fourth-order valence-electron chi connectivity index (χ4n) is 2.46. The SMILES string of the molecule is Cc1nn(C)c(CC(CO)(CO)c2cccc(F)c2)c1Cl. The summed E-state index contributed by atoms with van der Waals surface area (Å²) >= 11 is 6.23. The third-order valence-corrected chi connectivity index (χ3v) is 4.30. The Hall–Kier alpha value is -1.43. The summed E-state index contributed by atoms with van der Waals surface area (Å²) in [5.41, 5.74) is 0.897. The molecule has 0 atom stereocenters. The Kier molecular flexibility index (Phi) is 4.66. The molecule has 0 aliphatic rings. The number of halogens is 2. The van der Waals surface area contributed by atoms with Crippen molar-refractivity contribution >= 4 is 11.6 Å². The van der Waals surface area contributed by atoms with E-state index >= 15 is 0 Å². The van der Waals surface area contributed by atoms with E-state index in [-0.39, 0.29) is 19.6 Å². The number of hydrogen-bond donors (Lipinski definition) is 2. The molecule has 0 saturated heterocycles. The number of aromatic nitrogens is 2. The van der Waals surface area contributed by atoms with E-state index in [1.807, 2.05) is 0 Å². The molecule has 0 unspecified atom stereocenters. The minimum Gasteiger partial charge on any atom is -0.395 e. The van der Waals surface area contributed by atoms with Crippen LogP contribution < -0.4 is 0 Å². The van der Waals surface area contributed by atoms with Crippen molar-refractivity contribution in [3.8, 4) is 0 Å². The van der Waals surface area contributed by atoms with Gasteiger partial charge in [0.05, 0.1) is 29.6 Å². The molecule has 21 heavy (non-hydrogen) atoms. The summed E-state index contributed by atoms with van der Waals surface area (Å²) in [5.74, 6) is -0.411. The van der Waals surface area contributed by atoms with Crippen LogP contribution in [-0.2, 0) is 18.9 Å². The number of aliphatic hydroxyl groups is 2. The Labute approximate surface area is 127 Å². The van der Waals surface area contributed by atoms with Crippen molar-refractivity contribution < 1.29 is 14.6 Å². The lowest BCUT2D eigenvalue weighted by atomic mass is 9.78. The molecule has 2 rings (SSSR count). The predicted molar refractivity (Wildman–Crippen MR) is 78.9 cm³/mol. The lowest BCUT2D eigenvalue weighted by Gasteiger charge is -2.30. The molecule has 1 heterocycles. The Balaban J connectivity index is 2.48. The van der Waals surface area contributed by atoms with Crippen LogP contribution in [0.5, 0.6) is 0 Å². The third kappa shape index (κ3) is 2.95. The lowest BCUT2D eigenvalue weighted by Crippen LogP contribution is -2.38. The highest BCUT2D eigenvalue weighted by Crippen LogP contribution is 2.32. The van der Waals surface area contributed by atoms with Crippen LogP contribution in [0.1, 0.15) is 17.0 Å². The van der Waals surface area contributed by atoms with Crippen molar-refractivity contribution in [1.82, 2.24) is 9.78 Å². The molecule has 0 saturated carbocycles. The first-order valence-electron chi connectivity index (χ1n) is 6.59. The Morgan fingerprint density at radius 2 is 2.00 bits per heavy atom. The topological polar surface area (TPSA) is 58.3 Å². The maximum Gasteiger partial charge on any atom is 0.123 e. The molecule has 2 aromatic rings. The largest absolute Gasteiger partial charge is 0.395 e. The molecule has 0 aliphatic heterocycles. The van der Waals surface area contributed by atoms with Crippen molar-refractivity contribution in [1.29, 1.82) is 0 Å². The van der Waals surface area contributed by atoms with Crippen molar-refractivity contribution in [3.05, 3.63) is 52.1 Å². The highest BCUT2D eigenvalue weighted by molar-refractivity contribution is 6.31. The van der Waals surface area contributed by atoms with Crippen LogP contribution in [0.15, 0.2) is 24.3 Å². The van der Waals surface area contributed by atoms with Crippen molar-refractivity contribution in [3.63, 3.8) is 0 Å². The van der Waals surface area contributed by atoms with E-state index in [0.717, 1.165) is 0 Å². The smallest absolute Gasteiger partial charge is 0.123 e. The molecule has 0 bridgehead atoms. The molecule has 0 amide bonds. The summed E-state index contributed by atoms with van der Waals surface area (Å²) < 4.78 is 15.1. The fraction of sp³-hybridized carbons (Fsp3) is 0.400. The number of hydrogen-bond acceptors (Lipinski definition) is 3. The number of aliphatic hydroxyl groups excluding tert-OH is 2. The van der Waals surface area contributed by atoms with Gasteiger partial charge in [-0.25, -0.2) is 4.39 Å². The summed E-state index contributed by atoms with van der Waals surface area (Å²) in [6, 6.07) is 5.89. The van der Waals surface area contributed by atoms with Crippen molar-refractivity contribution in [2.24, 2.45) is 7.05 Å². The summed E-state index contributed by atoms with van der Waals surface area (Å²) in [6.45, 7) is 1.13. The van der Waals surface area contributed by atoms with Gasteiger partial charge in [-0.05, 0) is 24.6 Å². The molecular formula is C15H18ClFN2O2. The van der Waals surface area contributed by atoms with Gasteiger partial charge in [-0.3, -0.25) is 4.68 Å². The van der Waals surface area contributed by atoms with E-state index in [2.05, 4.69) is 5.10 Å². The van der Waals surface area contributed by atoms with Gasteiger partial charge in [0.1, 0.15) is 5.82 Å². The average molecular weight is 313 g/mol. The van der Waals surface area contributed by atoms with Crippen molar-refractivity contribution in [2.45, 2.75) is 18.8 Å². The van der Waals surface area contributed by atoms with Crippen LogP contribution >= 0.6 is 11.6 Å². The molecule has 2 N–H and O–H groups in total. The maximum absolute atomic E-state index is 13.5. The first-order valence-corrected chi connectivity index (χ1v) is 6.97. The first kappa shape index (κ1) is 15.9. The van der Waals surface area contributed by atoms with Gasteiger partial charge in [0.2, 0.25) is 0 Å². The van der Waals surface area contributed by atoms with Gasteiger partial charge >= 0.3 is 0 Å². The quantitative estimate of drug-likeness (QED) is 0.887. The molecular weight excluding hydrogens is 295 g/mol. The van der Waals surface area contributed by atoms with E-state index in [1.54, 1.807) is 30.8 Å². The second kappa shape index (κ2) is 6.13. The van der Waals surface area contributed by atoms with Gasteiger partial charge in [0.15, 0.2) is 0 Å². The van der Waals surface area contributed by atoms with Crippen LogP contribution in [0, 0.1) is 12.7 Å². The van der Waals surface area contributed by atoms with Gasteiger partial charge in [-0.2, -0.15) is 5.10 Å². The standard InChI is InChI=1S/C15H18ClFN2O2/c1-10-14(16)13(19(2)18-10)7-15(8-20,9-21)11-4-3-5-12(17)6-11/h3-6,20-21H,7-9H2,1-2H3. The summed E-state index contributed by atoms with van der Waals surface area (Å²) in [5, 5.41) is 24.4. The molecule has 6 heteroatoms. The highest BCUT2D eigenvalue weighted by Gasteiger charge is 2.34. The van der Waals surface area contributed by atoms with Crippen molar-refractivity contribution in [2.75, 3.05) is 13.2 Å². The second-order valence-corrected chi connectivity index (χ2v) is 5.63. The average Bonchev–Trinajstić information content (AvgIpc) is 2.70. The van der Waals surface area contributed by atoms with Crippen LogP contribution in [0.2, 0.25) is 5.02 Å². The highest BCUT2D eigenvalue weighted by atomic mass is 35.5. The summed E-state index contributed by atoms with van der Waals surface area (Å²) in [7, 11) is 1.75.